The first-order valence-electron chi connectivity index (χ1n) is 5.08. The third kappa shape index (κ3) is 3.01. The molecule has 4 heteroatoms. The molecule has 1 aliphatic heterocycles. The summed E-state index contributed by atoms with van der Waals surface area (Å²) in [5.74, 6) is -0.0449. The van der Waals surface area contributed by atoms with Gasteiger partial charge in [-0.25, -0.2) is 0 Å². The highest BCUT2D eigenvalue weighted by Gasteiger charge is 2.23. The van der Waals surface area contributed by atoms with Gasteiger partial charge in [0.05, 0.1) is 0 Å². The molecule has 1 heterocycles. The van der Waals surface area contributed by atoms with Gasteiger partial charge in [-0.1, -0.05) is 6.92 Å². The van der Waals surface area contributed by atoms with Crippen LogP contribution < -0.4 is 0 Å². The molecular formula is C10H17NO3. The number of rotatable bonds is 2. The summed E-state index contributed by atoms with van der Waals surface area (Å²) in [4.78, 5) is 23.8. The number of hydrogen-bond donors (Lipinski definition) is 0. The molecule has 1 amide bonds. The third-order valence-electron chi connectivity index (χ3n) is 2.43. The minimum absolute atomic E-state index is 0.00778. The Hall–Kier alpha value is -1.06. The van der Waals surface area contributed by atoms with Crippen LogP contribution in [-0.2, 0) is 14.3 Å². The third-order valence-corrected chi connectivity index (χ3v) is 2.43. The summed E-state index contributed by atoms with van der Waals surface area (Å²) in [7, 11) is 0. The monoisotopic (exact) mass is 199 g/mol. The van der Waals surface area contributed by atoms with Crippen molar-refractivity contribution < 1.29 is 14.3 Å². The summed E-state index contributed by atoms with van der Waals surface area (Å²) in [6.07, 6.45) is 2.10. The highest BCUT2D eigenvalue weighted by Crippen LogP contribution is 2.14. The number of likely N-dealkylation sites (tertiary alicyclic amines) is 1. The lowest BCUT2D eigenvalue weighted by atomic mass is 10.1. The number of amides is 1. The topological polar surface area (TPSA) is 46.6 Å². The number of nitrogens with zero attached hydrogens (tertiary/aromatic N) is 1. The molecule has 1 aliphatic rings. The number of ether oxygens (including phenoxy) is 1. The zero-order valence-electron chi connectivity index (χ0n) is 8.78. The number of piperidine rings is 1. The standard InChI is InChI=1S/C10H17NO3/c1-3-10(13)11-6-4-9(5-7-11)14-8(2)12/h9H,3-7H2,1-2H3. The van der Waals surface area contributed by atoms with Gasteiger partial charge < -0.3 is 9.64 Å². The summed E-state index contributed by atoms with van der Waals surface area (Å²) in [5.41, 5.74) is 0. The Kier molecular flexibility index (Phi) is 3.92. The molecule has 4 nitrogen and oxygen atoms in total. The molecule has 0 atom stereocenters. The molecule has 0 aromatic heterocycles. The maximum absolute atomic E-state index is 11.3. The molecule has 0 unspecified atom stereocenters. The Morgan fingerprint density at radius 3 is 2.36 bits per heavy atom. The van der Waals surface area contributed by atoms with Crippen molar-refractivity contribution in [3.8, 4) is 0 Å². The SMILES string of the molecule is CCC(=O)N1CCC(OC(C)=O)CC1. The van der Waals surface area contributed by atoms with Gasteiger partial charge in [-0.2, -0.15) is 0 Å². The summed E-state index contributed by atoms with van der Waals surface area (Å²) in [6, 6.07) is 0. The van der Waals surface area contributed by atoms with E-state index in [1.807, 2.05) is 11.8 Å². The molecule has 0 radical (unpaired) electrons. The van der Waals surface area contributed by atoms with E-state index in [4.69, 9.17) is 4.74 Å². The number of hydrogen-bond acceptors (Lipinski definition) is 3. The largest absolute Gasteiger partial charge is 0.462 e. The molecule has 0 aromatic rings. The molecule has 0 N–H and O–H groups in total. The fourth-order valence-electron chi connectivity index (χ4n) is 1.68. The molecule has 1 fully saturated rings. The quantitative estimate of drug-likeness (QED) is 0.622. The second kappa shape index (κ2) is 4.98. The second-order valence-corrected chi connectivity index (χ2v) is 3.54. The normalized spacial score (nSPS) is 18.0. The van der Waals surface area contributed by atoms with Crippen molar-refractivity contribution in [3.05, 3.63) is 0 Å². The van der Waals surface area contributed by atoms with Crippen molar-refractivity contribution in [3.63, 3.8) is 0 Å². The predicted molar refractivity (Wildman–Crippen MR) is 51.7 cm³/mol. The smallest absolute Gasteiger partial charge is 0.302 e. The summed E-state index contributed by atoms with van der Waals surface area (Å²) < 4.78 is 5.08. The summed E-state index contributed by atoms with van der Waals surface area (Å²) in [5, 5.41) is 0. The molecule has 0 spiro atoms. The lowest BCUT2D eigenvalue weighted by molar-refractivity contribution is -0.149. The van der Waals surface area contributed by atoms with Gasteiger partial charge in [-0.05, 0) is 0 Å². The number of esters is 1. The van der Waals surface area contributed by atoms with Crippen molar-refractivity contribution in [2.45, 2.75) is 39.2 Å². The second-order valence-electron chi connectivity index (χ2n) is 3.54. The minimum atomic E-state index is -0.231. The highest BCUT2D eigenvalue weighted by atomic mass is 16.5. The number of carbonyl (C=O) groups excluding carboxylic acids is 2. The van der Waals surface area contributed by atoms with Gasteiger partial charge in [0.15, 0.2) is 0 Å². The van der Waals surface area contributed by atoms with Crippen LogP contribution in [0, 0.1) is 0 Å². The minimum Gasteiger partial charge on any atom is -0.462 e. The maximum Gasteiger partial charge on any atom is 0.302 e. The van der Waals surface area contributed by atoms with Crippen LogP contribution in [0.15, 0.2) is 0 Å². The Labute approximate surface area is 84.2 Å². The Morgan fingerprint density at radius 2 is 1.93 bits per heavy atom. The van der Waals surface area contributed by atoms with E-state index in [1.54, 1.807) is 0 Å². The molecule has 0 saturated carbocycles. The fraction of sp³-hybridized carbons (Fsp3) is 0.800. The zero-order chi connectivity index (χ0) is 10.6. The molecule has 0 aromatic carbocycles. The first-order chi connectivity index (χ1) is 6.63. The molecule has 80 valence electrons. The van der Waals surface area contributed by atoms with Crippen LogP contribution in [0.4, 0.5) is 0 Å². The van der Waals surface area contributed by atoms with Crippen LogP contribution in [0.25, 0.3) is 0 Å². The van der Waals surface area contributed by atoms with Crippen LogP contribution in [0.1, 0.15) is 33.1 Å². The van der Waals surface area contributed by atoms with Gasteiger partial charge in [-0.3, -0.25) is 9.59 Å². The van der Waals surface area contributed by atoms with E-state index in [0.29, 0.717) is 19.5 Å². The lowest BCUT2D eigenvalue weighted by Gasteiger charge is -2.31. The van der Waals surface area contributed by atoms with E-state index in [1.165, 1.54) is 6.92 Å². The van der Waals surface area contributed by atoms with Gasteiger partial charge in [0, 0.05) is 39.3 Å². The molecular weight excluding hydrogens is 182 g/mol. The Bertz CT molecular complexity index is 219. The Morgan fingerprint density at radius 1 is 1.36 bits per heavy atom. The molecule has 1 rings (SSSR count). The van der Waals surface area contributed by atoms with Crippen LogP contribution >= 0.6 is 0 Å². The first kappa shape index (κ1) is 11.0. The maximum atomic E-state index is 11.3. The van der Waals surface area contributed by atoms with Crippen molar-refractivity contribution in [1.29, 1.82) is 0 Å². The van der Waals surface area contributed by atoms with Crippen molar-refractivity contribution in [1.82, 2.24) is 4.90 Å². The lowest BCUT2D eigenvalue weighted by Crippen LogP contribution is -2.40. The van der Waals surface area contributed by atoms with Gasteiger partial charge >= 0.3 is 5.97 Å². The van der Waals surface area contributed by atoms with E-state index >= 15 is 0 Å². The predicted octanol–water partition coefficient (Wildman–Crippen LogP) is 0.951. The van der Waals surface area contributed by atoms with Gasteiger partial charge in [0.2, 0.25) is 5.91 Å². The molecule has 14 heavy (non-hydrogen) atoms. The van der Waals surface area contributed by atoms with E-state index in [0.717, 1.165) is 12.8 Å². The number of carbonyl (C=O) groups is 2. The summed E-state index contributed by atoms with van der Waals surface area (Å²) >= 11 is 0. The van der Waals surface area contributed by atoms with E-state index < -0.39 is 0 Å². The van der Waals surface area contributed by atoms with Crippen molar-refractivity contribution in [2.24, 2.45) is 0 Å². The van der Waals surface area contributed by atoms with E-state index in [-0.39, 0.29) is 18.0 Å². The fourth-order valence-corrected chi connectivity index (χ4v) is 1.68. The van der Waals surface area contributed by atoms with Gasteiger partial charge in [0.1, 0.15) is 6.10 Å². The average Bonchev–Trinajstić information content (AvgIpc) is 2.17. The zero-order valence-corrected chi connectivity index (χ0v) is 8.78. The van der Waals surface area contributed by atoms with Crippen molar-refractivity contribution in [2.75, 3.05) is 13.1 Å². The van der Waals surface area contributed by atoms with E-state index in [9.17, 15) is 9.59 Å². The van der Waals surface area contributed by atoms with Crippen LogP contribution in [0.5, 0.6) is 0 Å². The first-order valence-corrected chi connectivity index (χ1v) is 5.08. The molecule has 1 saturated heterocycles. The van der Waals surface area contributed by atoms with Crippen molar-refractivity contribution >= 4 is 11.9 Å². The van der Waals surface area contributed by atoms with E-state index in [2.05, 4.69) is 0 Å². The van der Waals surface area contributed by atoms with Gasteiger partial charge in [0.25, 0.3) is 0 Å². The Balaban J connectivity index is 2.31. The van der Waals surface area contributed by atoms with Crippen LogP contribution in [0.2, 0.25) is 0 Å². The molecule has 0 bridgehead atoms. The highest BCUT2D eigenvalue weighted by molar-refractivity contribution is 5.75. The van der Waals surface area contributed by atoms with Gasteiger partial charge in [-0.15, -0.1) is 0 Å². The van der Waals surface area contributed by atoms with Crippen LogP contribution in [-0.4, -0.2) is 36.0 Å². The average molecular weight is 199 g/mol. The summed E-state index contributed by atoms with van der Waals surface area (Å²) in [6.45, 7) is 4.71. The van der Waals surface area contributed by atoms with Crippen LogP contribution in [0.3, 0.4) is 0 Å². The molecule has 0 aliphatic carbocycles.